The van der Waals surface area contributed by atoms with Gasteiger partial charge in [-0.25, -0.2) is 8.42 Å². The third-order valence-electron chi connectivity index (χ3n) is 5.51. The molecule has 1 saturated heterocycles. The van der Waals surface area contributed by atoms with E-state index in [1.54, 1.807) is 19.1 Å². The van der Waals surface area contributed by atoms with E-state index < -0.39 is 22.0 Å². The van der Waals surface area contributed by atoms with Gasteiger partial charge in [0.15, 0.2) is 0 Å². The fraction of sp³-hybridized carbons (Fsp3) is 0.391. The molecule has 8 nitrogen and oxygen atoms in total. The van der Waals surface area contributed by atoms with Crippen LogP contribution >= 0.6 is 0 Å². The molecule has 0 bridgehead atoms. The highest BCUT2D eigenvalue weighted by Gasteiger charge is 2.34. The van der Waals surface area contributed by atoms with Gasteiger partial charge in [0, 0.05) is 19.6 Å². The van der Waals surface area contributed by atoms with Gasteiger partial charge < -0.3 is 15.4 Å². The zero-order valence-corrected chi connectivity index (χ0v) is 19.1. The molecular formula is C23H29N3O5S. The van der Waals surface area contributed by atoms with Crippen molar-refractivity contribution < 1.29 is 22.7 Å². The lowest BCUT2D eigenvalue weighted by molar-refractivity contribution is -0.131. The molecule has 0 unspecified atom stereocenters. The van der Waals surface area contributed by atoms with Crippen molar-refractivity contribution in [3.8, 4) is 5.75 Å². The van der Waals surface area contributed by atoms with Crippen molar-refractivity contribution in [1.82, 2.24) is 14.9 Å². The number of nitrogens with one attached hydrogen (secondary N) is 2. The van der Waals surface area contributed by atoms with E-state index in [4.69, 9.17) is 4.74 Å². The van der Waals surface area contributed by atoms with Crippen LogP contribution in [0.15, 0.2) is 59.5 Å². The highest BCUT2D eigenvalue weighted by atomic mass is 32.2. The molecule has 1 heterocycles. The number of hydrogen-bond donors (Lipinski definition) is 2. The molecule has 172 valence electrons. The van der Waals surface area contributed by atoms with Crippen LogP contribution in [0, 0.1) is 5.92 Å². The number of carbonyl (C=O) groups is 2. The zero-order chi connectivity index (χ0) is 23.1. The Morgan fingerprint density at radius 1 is 1.12 bits per heavy atom. The average molecular weight is 460 g/mol. The van der Waals surface area contributed by atoms with Crippen LogP contribution < -0.4 is 15.4 Å². The second-order valence-electron chi connectivity index (χ2n) is 7.81. The molecule has 9 heteroatoms. The van der Waals surface area contributed by atoms with Gasteiger partial charge in [-0.15, -0.1) is 0 Å². The molecule has 32 heavy (non-hydrogen) atoms. The number of ether oxygens (including phenoxy) is 1. The van der Waals surface area contributed by atoms with E-state index in [2.05, 4.69) is 10.6 Å². The first kappa shape index (κ1) is 23.7. The smallest absolute Gasteiger partial charge is 0.243 e. The molecule has 0 aromatic heterocycles. The number of hydrogen-bond acceptors (Lipinski definition) is 5. The number of benzene rings is 2. The Morgan fingerprint density at radius 3 is 2.47 bits per heavy atom. The van der Waals surface area contributed by atoms with E-state index in [0.29, 0.717) is 31.7 Å². The summed E-state index contributed by atoms with van der Waals surface area (Å²) < 4.78 is 32.4. The summed E-state index contributed by atoms with van der Waals surface area (Å²) >= 11 is 0. The molecule has 2 aromatic rings. The van der Waals surface area contributed by atoms with Crippen molar-refractivity contribution in [3.05, 3.63) is 60.2 Å². The van der Waals surface area contributed by atoms with Gasteiger partial charge in [-0.2, -0.15) is 4.31 Å². The Hall–Kier alpha value is -2.91. The minimum Gasteiger partial charge on any atom is -0.497 e. The molecule has 2 atom stereocenters. The van der Waals surface area contributed by atoms with Crippen LogP contribution in [0.4, 0.5) is 0 Å². The lowest BCUT2D eigenvalue weighted by Gasteiger charge is -2.31. The third kappa shape index (κ3) is 5.86. The Balaban J connectivity index is 1.56. The molecule has 1 aliphatic rings. The van der Waals surface area contributed by atoms with Crippen molar-refractivity contribution >= 4 is 21.8 Å². The number of sulfonamides is 1. The van der Waals surface area contributed by atoms with Crippen molar-refractivity contribution in [2.24, 2.45) is 5.92 Å². The molecule has 0 spiro atoms. The second-order valence-corrected chi connectivity index (χ2v) is 9.75. The topological polar surface area (TPSA) is 105 Å². The summed E-state index contributed by atoms with van der Waals surface area (Å²) in [7, 11) is -2.20. The molecule has 3 rings (SSSR count). The predicted octanol–water partition coefficient (Wildman–Crippen LogP) is 1.92. The molecule has 2 amide bonds. The number of piperidine rings is 1. The fourth-order valence-electron chi connectivity index (χ4n) is 3.61. The average Bonchev–Trinajstić information content (AvgIpc) is 2.83. The van der Waals surface area contributed by atoms with Crippen LogP contribution in [0.5, 0.6) is 5.75 Å². The fourth-order valence-corrected chi connectivity index (χ4v) is 5.13. The van der Waals surface area contributed by atoms with Crippen LogP contribution in [-0.4, -0.2) is 50.8 Å². The van der Waals surface area contributed by atoms with E-state index >= 15 is 0 Å². The first-order chi connectivity index (χ1) is 15.3. The maximum Gasteiger partial charge on any atom is 0.243 e. The summed E-state index contributed by atoms with van der Waals surface area (Å²) in [4.78, 5) is 25.3. The Kier molecular flexibility index (Phi) is 7.87. The van der Waals surface area contributed by atoms with Gasteiger partial charge in [-0.1, -0.05) is 30.3 Å². The molecule has 1 aliphatic heterocycles. The molecular weight excluding hydrogens is 430 g/mol. The van der Waals surface area contributed by atoms with E-state index in [1.165, 1.54) is 23.5 Å². The number of methoxy groups -OCH3 is 1. The lowest BCUT2D eigenvalue weighted by atomic mass is 9.98. The Morgan fingerprint density at radius 2 is 1.81 bits per heavy atom. The summed E-state index contributed by atoms with van der Waals surface area (Å²) in [6.45, 7) is 2.42. The second kappa shape index (κ2) is 10.6. The van der Waals surface area contributed by atoms with Crippen molar-refractivity contribution in [1.29, 1.82) is 0 Å². The molecule has 0 saturated carbocycles. The van der Waals surface area contributed by atoms with E-state index in [-0.39, 0.29) is 23.3 Å². The number of rotatable bonds is 8. The van der Waals surface area contributed by atoms with Gasteiger partial charge in [0.1, 0.15) is 11.8 Å². The molecule has 2 aromatic carbocycles. The summed E-state index contributed by atoms with van der Waals surface area (Å²) in [5.41, 5.74) is 0.964. The van der Waals surface area contributed by atoms with Crippen molar-refractivity contribution in [2.45, 2.75) is 37.2 Å². The van der Waals surface area contributed by atoms with Gasteiger partial charge in [-0.05, 0) is 49.6 Å². The largest absolute Gasteiger partial charge is 0.497 e. The van der Waals surface area contributed by atoms with Crippen LogP contribution in [-0.2, 0) is 26.2 Å². The minimum atomic E-state index is -3.72. The van der Waals surface area contributed by atoms with Gasteiger partial charge in [0.25, 0.3) is 0 Å². The summed E-state index contributed by atoms with van der Waals surface area (Å²) in [6.07, 6.45) is 1.14. The van der Waals surface area contributed by atoms with Crippen molar-refractivity contribution in [3.63, 3.8) is 0 Å². The van der Waals surface area contributed by atoms with Crippen molar-refractivity contribution in [2.75, 3.05) is 20.2 Å². The summed E-state index contributed by atoms with van der Waals surface area (Å²) in [5.74, 6) is -0.553. The Labute approximate surface area is 189 Å². The van der Waals surface area contributed by atoms with Gasteiger partial charge in [-0.3, -0.25) is 9.59 Å². The highest BCUT2D eigenvalue weighted by molar-refractivity contribution is 7.89. The number of amides is 2. The van der Waals surface area contributed by atoms with E-state index in [1.807, 2.05) is 30.3 Å². The first-order valence-electron chi connectivity index (χ1n) is 10.6. The highest BCUT2D eigenvalue weighted by Crippen LogP contribution is 2.25. The summed E-state index contributed by atoms with van der Waals surface area (Å²) in [5, 5.41) is 5.52. The monoisotopic (exact) mass is 459 g/mol. The molecule has 2 N–H and O–H groups in total. The van der Waals surface area contributed by atoms with Crippen LogP contribution in [0.3, 0.4) is 0 Å². The summed E-state index contributed by atoms with van der Waals surface area (Å²) in [6, 6.07) is 15.0. The zero-order valence-electron chi connectivity index (χ0n) is 18.3. The Bertz CT molecular complexity index is 1030. The van der Waals surface area contributed by atoms with Crippen LogP contribution in [0.2, 0.25) is 0 Å². The minimum absolute atomic E-state index is 0.0819. The standard InChI is InChI=1S/C23H29N3O5S/c1-17(22(27)24-15-18-7-4-3-5-8-18)25-23(28)19-9-6-14-26(16-19)32(29,30)21-12-10-20(31-2)11-13-21/h3-5,7-8,10-13,17,19H,6,9,14-16H2,1-2H3,(H,24,27)(H,25,28)/t17-,19-/m1/s1. The van der Waals surface area contributed by atoms with Crippen LogP contribution in [0.1, 0.15) is 25.3 Å². The lowest BCUT2D eigenvalue weighted by Crippen LogP contribution is -2.50. The number of carbonyl (C=O) groups excluding carboxylic acids is 2. The van der Waals surface area contributed by atoms with Gasteiger partial charge >= 0.3 is 0 Å². The molecule has 1 fully saturated rings. The van der Waals surface area contributed by atoms with E-state index in [9.17, 15) is 18.0 Å². The molecule has 0 aliphatic carbocycles. The first-order valence-corrected chi connectivity index (χ1v) is 12.0. The normalized spacial score (nSPS) is 17.9. The molecule has 0 radical (unpaired) electrons. The predicted molar refractivity (Wildman–Crippen MR) is 120 cm³/mol. The maximum atomic E-state index is 13.0. The van der Waals surface area contributed by atoms with E-state index in [0.717, 1.165) is 5.56 Å². The van der Waals surface area contributed by atoms with Gasteiger partial charge in [0.05, 0.1) is 17.9 Å². The number of nitrogens with zero attached hydrogens (tertiary/aromatic N) is 1. The SMILES string of the molecule is COc1ccc(S(=O)(=O)N2CCC[C@@H](C(=O)N[C@H](C)C(=O)NCc3ccccc3)C2)cc1. The van der Waals surface area contributed by atoms with Gasteiger partial charge in [0.2, 0.25) is 21.8 Å². The third-order valence-corrected chi connectivity index (χ3v) is 7.39. The maximum absolute atomic E-state index is 13.0. The quantitative estimate of drug-likeness (QED) is 0.628. The van der Waals surface area contributed by atoms with Crippen LogP contribution in [0.25, 0.3) is 0 Å².